The van der Waals surface area contributed by atoms with E-state index in [9.17, 15) is 4.39 Å². The zero-order chi connectivity index (χ0) is 14.0. The van der Waals surface area contributed by atoms with Crippen molar-refractivity contribution in [2.45, 2.75) is 47.0 Å². The molecule has 0 nitrogen and oxygen atoms in total. The van der Waals surface area contributed by atoms with E-state index in [0.717, 1.165) is 17.5 Å². The van der Waals surface area contributed by atoms with Gasteiger partial charge in [0.2, 0.25) is 0 Å². The van der Waals surface area contributed by atoms with Crippen LogP contribution in [0.1, 0.15) is 44.7 Å². The fourth-order valence-corrected chi connectivity index (χ4v) is 3.25. The minimum absolute atomic E-state index is 0.0680. The SMILES string of the molecule is CC1=C[C@@H](C)CC(Cc2ccc(C)c(F)c2)C[C@H]1C. The minimum atomic E-state index is -0.0680. The zero-order valence-electron chi connectivity index (χ0n) is 12.5. The second-order valence-electron chi connectivity index (χ2n) is 6.41. The molecule has 0 N–H and O–H groups in total. The summed E-state index contributed by atoms with van der Waals surface area (Å²) in [5.74, 6) is 1.90. The van der Waals surface area contributed by atoms with Gasteiger partial charge in [-0.1, -0.05) is 37.6 Å². The van der Waals surface area contributed by atoms with Gasteiger partial charge in [-0.05, 0) is 68.1 Å². The molecule has 0 saturated carbocycles. The molecule has 1 aliphatic rings. The highest BCUT2D eigenvalue weighted by Gasteiger charge is 2.21. The van der Waals surface area contributed by atoms with Gasteiger partial charge in [0.1, 0.15) is 5.82 Å². The van der Waals surface area contributed by atoms with Gasteiger partial charge in [-0.25, -0.2) is 4.39 Å². The molecule has 0 aromatic heterocycles. The lowest BCUT2D eigenvalue weighted by molar-refractivity contribution is 0.380. The molecule has 2 rings (SSSR count). The lowest BCUT2D eigenvalue weighted by Gasteiger charge is -2.19. The van der Waals surface area contributed by atoms with Gasteiger partial charge in [0, 0.05) is 0 Å². The molecule has 0 saturated heterocycles. The van der Waals surface area contributed by atoms with Crippen molar-refractivity contribution < 1.29 is 4.39 Å². The molecule has 0 bridgehead atoms. The summed E-state index contributed by atoms with van der Waals surface area (Å²) < 4.78 is 13.6. The topological polar surface area (TPSA) is 0 Å². The maximum absolute atomic E-state index is 13.6. The normalized spacial score (nSPS) is 27.8. The Kier molecular flexibility index (Phi) is 4.44. The first-order valence-corrected chi connectivity index (χ1v) is 7.39. The van der Waals surface area contributed by atoms with Crippen LogP contribution in [0.25, 0.3) is 0 Å². The molecule has 3 atom stereocenters. The number of rotatable bonds is 2. The van der Waals surface area contributed by atoms with Crippen molar-refractivity contribution in [1.82, 2.24) is 0 Å². The van der Waals surface area contributed by atoms with E-state index in [0.29, 0.717) is 17.8 Å². The Hall–Kier alpha value is -1.11. The molecule has 1 aromatic rings. The van der Waals surface area contributed by atoms with Crippen LogP contribution in [0.2, 0.25) is 0 Å². The average Bonchev–Trinajstić information content (AvgIpc) is 2.44. The Morgan fingerprint density at radius 1 is 1.16 bits per heavy atom. The standard InChI is InChI=1S/C18H25F/c1-12-7-14(3)15(4)9-17(8-12)10-16-6-5-13(2)18(19)11-16/h5-7,11-12,15,17H,8-10H2,1-4H3/t12-,15-,17?/m1/s1. The molecule has 104 valence electrons. The summed E-state index contributed by atoms with van der Waals surface area (Å²) in [4.78, 5) is 0. The average molecular weight is 260 g/mol. The van der Waals surface area contributed by atoms with Crippen molar-refractivity contribution in [3.63, 3.8) is 0 Å². The third-order valence-electron chi connectivity index (χ3n) is 4.48. The Bertz CT molecular complexity index is 473. The van der Waals surface area contributed by atoms with Crippen LogP contribution in [-0.4, -0.2) is 0 Å². The summed E-state index contributed by atoms with van der Waals surface area (Å²) in [6, 6.07) is 5.70. The van der Waals surface area contributed by atoms with E-state index in [-0.39, 0.29) is 5.82 Å². The maximum atomic E-state index is 13.6. The van der Waals surface area contributed by atoms with Crippen LogP contribution in [0.3, 0.4) is 0 Å². The molecule has 0 spiro atoms. The highest BCUT2D eigenvalue weighted by Crippen LogP contribution is 2.32. The molecule has 1 aromatic carbocycles. The van der Waals surface area contributed by atoms with Crippen LogP contribution in [0.5, 0.6) is 0 Å². The summed E-state index contributed by atoms with van der Waals surface area (Å²) >= 11 is 0. The van der Waals surface area contributed by atoms with Crippen molar-refractivity contribution in [3.8, 4) is 0 Å². The summed E-state index contributed by atoms with van der Waals surface area (Å²) in [6.45, 7) is 8.67. The summed E-state index contributed by atoms with van der Waals surface area (Å²) in [5, 5.41) is 0. The lowest BCUT2D eigenvalue weighted by atomic mass is 9.86. The Morgan fingerprint density at radius 2 is 1.89 bits per heavy atom. The Morgan fingerprint density at radius 3 is 2.58 bits per heavy atom. The second kappa shape index (κ2) is 5.90. The quantitative estimate of drug-likeness (QED) is 0.632. The van der Waals surface area contributed by atoms with Gasteiger partial charge in [-0.15, -0.1) is 0 Å². The highest BCUT2D eigenvalue weighted by molar-refractivity contribution is 5.24. The summed E-state index contributed by atoms with van der Waals surface area (Å²) in [6.07, 6.45) is 5.87. The van der Waals surface area contributed by atoms with Crippen molar-refractivity contribution in [2.24, 2.45) is 17.8 Å². The van der Waals surface area contributed by atoms with E-state index in [2.05, 4.69) is 32.9 Å². The van der Waals surface area contributed by atoms with Crippen molar-refractivity contribution in [1.29, 1.82) is 0 Å². The van der Waals surface area contributed by atoms with E-state index in [1.165, 1.54) is 18.4 Å². The van der Waals surface area contributed by atoms with Gasteiger partial charge in [0.15, 0.2) is 0 Å². The zero-order valence-corrected chi connectivity index (χ0v) is 12.5. The van der Waals surface area contributed by atoms with Crippen molar-refractivity contribution >= 4 is 0 Å². The molecule has 19 heavy (non-hydrogen) atoms. The largest absolute Gasteiger partial charge is 0.207 e. The van der Waals surface area contributed by atoms with E-state index in [1.807, 2.05) is 13.0 Å². The molecule has 1 unspecified atom stereocenters. The van der Waals surface area contributed by atoms with Crippen LogP contribution >= 0.6 is 0 Å². The van der Waals surface area contributed by atoms with Gasteiger partial charge in [-0.3, -0.25) is 0 Å². The predicted molar refractivity (Wildman–Crippen MR) is 79.7 cm³/mol. The third kappa shape index (κ3) is 3.68. The van der Waals surface area contributed by atoms with Gasteiger partial charge < -0.3 is 0 Å². The first-order chi connectivity index (χ1) is 8.95. The van der Waals surface area contributed by atoms with Crippen molar-refractivity contribution in [3.05, 3.63) is 46.8 Å². The van der Waals surface area contributed by atoms with Gasteiger partial charge in [0.25, 0.3) is 0 Å². The van der Waals surface area contributed by atoms with Gasteiger partial charge in [0.05, 0.1) is 0 Å². The molecule has 0 amide bonds. The number of allylic oxidation sites excluding steroid dienone is 2. The predicted octanol–water partition coefficient (Wildman–Crippen LogP) is 5.31. The number of hydrogen-bond acceptors (Lipinski definition) is 0. The van der Waals surface area contributed by atoms with Crippen LogP contribution < -0.4 is 0 Å². The van der Waals surface area contributed by atoms with E-state index in [4.69, 9.17) is 0 Å². The molecular formula is C18H25F. The number of hydrogen-bond donors (Lipinski definition) is 0. The Balaban J connectivity index is 2.08. The lowest BCUT2D eigenvalue weighted by Crippen LogP contribution is -2.10. The molecule has 0 heterocycles. The first kappa shape index (κ1) is 14.3. The molecule has 1 heteroatoms. The Labute approximate surface area is 116 Å². The van der Waals surface area contributed by atoms with Gasteiger partial charge >= 0.3 is 0 Å². The van der Waals surface area contributed by atoms with E-state index < -0.39 is 0 Å². The molecule has 0 fully saturated rings. The monoisotopic (exact) mass is 260 g/mol. The fourth-order valence-electron chi connectivity index (χ4n) is 3.25. The number of benzene rings is 1. The molecular weight excluding hydrogens is 235 g/mol. The summed E-state index contributed by atoms with van der Waals surface area (Å²) in [7, 11) is 0. The van der Waals surface area contributed by atoms with E-state index in [1.54, 1.807) is 6.07 Å². The molecule has 0 aliphatic heterocycles. The minimum Gasteiger partial charge on any atom is -0.207 e. The number of halogens is 1. The van der Waals surface area contributed by atoms with Crippen LogP contribution in [0, 0.1) is 30.5 Å². The summed E-state index contributed by atoms with van der Waals surface area (Å²) in [5.41, 5.74) is 3.40. The second-order valence-corrected chi connectivity index (χ2v) is 6.41. The first-order valence-electron chi connectivity index (χ1n) is 7.39. The maximum Gasteiger partial charge on any atom is 0.126 e. The fraction of sp³-hybridized carbons (Fsp3) is 0.556. The number of aryl methyl sites for hydroxylation is 1. The van der Waals surface area contributed by atoms with Crippen LogP contribution in [-0.2, 0) is 6.42 Å². The van der Waals surface area contributed by atoms with E-state index >= 15 is 0 Å². The van der Waals surface area contributed by atoms with Crippen molar-refractivity contribution in [2.75, 3.05) is 0 Å². The van der Waals surface area contributed by atoms with Crippen LogP contribution in [0.15, 0.2) is 29.8 Å². The molecule has 1 aliphatic carbocycles. The third-order valence-corrected chi connectivity index (χ3v) is 4.48. The smallest absolute Gasteiger partial charge is 0.126 e. The highest BCUT2D eigenvalue weighted by atomic mass is 19.1. The van der Waals surface area contributed by atoms with Crippen LogP contribution in [0.4, 0.5) is 4.39 Å². The molecule has 0 radical (unpaired) electrons. The van der Waals surface area contributed by atoms with Gasteiger partial charge in [-0.2, -0.15) is 0 Å².